The fraction of sp³-hybridized carbons (Fsp3) is 0.278. The van der Waals surface area contributed by atoms with E-state index in [9.17, 15) is 9.90 Å². The van der Waals surface area contributed by atoms with Gasteiger partial charge in [0.25, 0.3) is 5.56 Å². The van der Waals surface area contributed by atoms with Crippen molar-refractivity contribution in [2.75, 3.05) is 11.9 Å². The van der Waals surface area contributed by atoms with Crippen molar-refractivity contribution in [2.24, 2.45) is 7.05 Å². The molecule has 0 bridgehead atoms. The topological polar surface area (TPSA) is 80.0 Å². The molecule has 2 heterocycles. The van der Waals surface area contributed by atoms with E-state index in [1.807, 2.05) is 32.0 Å². The van der Waals surface area contributed by atoms with Crippen molar-refractivity contribution in [2.45, 2.75) is 19.4 Å². The largest absolute Gasteiger partial charge is 0.394 e. The number of pyridine rings is 1. The summed E-state index contributed by atoms with van der Waals surface area (Å²) in [6.07, 6.45) is 1.65. The zero-order valence-corrected chi connectivity index (χ0v) is 16.2. The molecule has 138 valence electrons. The van der Waals surface area contributed by atoms with Gasteiger partial charge in [0.2, 0.25) is 5.95 Å². The number of anilines is 1. The van der Waals surface area contributed by atoms with Gasteiger partial charge in [-0.05, 0) is 26.0 Å². The number of aliphatic hydroxyl groups is 1. The second-order valence-electron chi connectivity index (χ2n) is 6.54. The van der Waals surface area contributed by atoms with E-state index in [-0.39, 0.29) is 24.6 Å². The van der Waals surface area contributed by atoms with Gasteiger partial charge in [-0.2, -0.15) is 4.98 Å². The zero-order chi connectivity index (χ0) is 18.2. The minimum atomic E-state index is -0.565. The Kier molecular flexibility index (Phi) is 5.91. The molecule has 0 aliphatic rings. The first kappa shape index (κ1) is 20.2. The number of nitrogens with one attached hydrogen (secondary N) is 1. The number of aromatic nitrogens is 3. The number of rotatable bonds is 4. The van der Waals surface area contributed by atoms with Crippen LogP contribution in [0.1, 0.15) is 13.8 Å². The van der Waals surface area contributed by atoms with Crippen molar-refractivity contribution < 1.29 is 5.11 Å². The molecule has 0 aliphatic heterocycles. The smallest absolute Gasteiger partial charge is 0.259 e. The van der Waals surface area contributed by atoms with Crippen molar-refractivity contribution >= 4 is 41.0 Å². The third-order valence-corrected chi connectivity index (χ3v) is 4.29. The van der Waals surface area contributed by atoms with Crippen molar-refractivity contribution in [3.05, 3.63) is 51.9 Å². The minimum absolute atomic E-state index is 0. The maximum atomic E-state index is 12.8. The van der Waals surface area contributed by atoms with Crippen LogP contribution in [-0.2, 0) is 7.05 Å². The number of hydrogen-bond acceptors (Lipinski definition) is 5. The van der Waals surface area contributed by atoms with Gasteiger partial charge in [0.15, 0.2) is 0 Å². The lowest BCUT2D eigenvalue weighted by Gasteiger charge is -2.23. The number of aryl methyl sites for hydroxylation is 1. The minimum Gasteiger partial charge on any atom is -0.394 e. The predicted octanol–water partition coefficient (Wildman–Crippen LogP) is 3.25. The number of aliphatic hydroxyl groups excluding tert-OH is 1. The molecule has 26 heavy (non-hydrogen) atoms. The van der Waals surface area contributed by atoms with Gasteiger partial charge in [0.05, 0.1) is 12.1 Å². The van der Waals surface area contributed by atoms with E-state index in [1.54, 1.807) is 25.4 Å². The molecule has 0 amide bonds. The second kappa shape index (κ2) is 7.61. The third-order valence-electron chi connectivity index (χ3n) is 3.96. The summed E-state index contributed by atoms with van der Waals surface area (Å²) in [6.45, 7) is 3.60. The molecular weight excluding hydrogens is 375 g/mol. The molecule has 6 nitrogen and oxygen atoms in total. The third kappa shape index (κ3) is 3.82. The van der Waals surface area contributed by atoms with E-state index >= 15 is 0 Å². The Morgan fingerprint density at radius 3 is 2.62 bits per heavy atom. The van der Waals surface area contributed by atoms with Crippen molar-refractivity contribution in [1.82, 2.24) is 14.5 Å². The van der Waals surface area contributed by atoms with Crippen molar-refractivity contribution in [3.63, 3.8) is 0 Å². The van der Waals surface area contributed by atoms with Crippen molar-refractivity contribution in [3.8, 4) is 11.1 Å². The summed E-state index contributed by atoms with van der Waals surface area (Å²) in [5.41, 5.74) is 0.930. The highest BCUT2D eigenvalue weighted by atomic mass is 35.5. The number of nitrogens with zero attached hydrogens (tertiary/aromatic N) is 3. The molecule has 1 aromatic carbocycles. The summed E-state index contributed by atoms with van der Waals surface area (Å²) in [6, 6.07) is 8.97. The molecule has 0 atom stereocenters. The van der Waals surface area contributed by atoms with Crippen LogP contribution in [0.5, 0.6) is 0 Å². The van der Waals surface area contributed by atoms with Gasteiger partial charge in [-0.15, -0.1) is 12.4 Å². The summed E-state index contributed by atoms with van der Waals surface area (Å²) in [5.74, 6) is 0.354. The summed E-state index contributed by atoms with van der Waals surface area (Å²) < 4.78 is 1.48. The van der Waals surface area contributed by atoms with E-state index in [2.05, 4.69) is 15.3 Å². The van der Waals surface area contributed by atoms with E-state index in [1.165, 1.54) is 4.57 Å². The van der Waals surface area contributed by atoms with Crippen LogP contribution in [0.15, 0.2) is 41.3 Å². The lowest BCUT2D eigenvalue weighted by Crippen LogP contribution is -2.35. The first-order chi connectivity index (χ1) is 11.8. The van der Waals surface area contributed by atoms with Crippen LogP contribution in [0.25, 0.3) is 22.2 Å². The lowest BCUT2D eigenvalue weighted by atomic mass is 10.1. The quantitative estimate of drug-likeness (QED) is 0.709. The van der Waals surface area contributed by atoms with Crippen molar-refractivity contribution in [1.29, 1.82) is 0 Å². The first-order valence-electron chi connectivity index (χ1n) is 7.83. The van der Waals surface area contributed by atoms with Gasteiger partial charge in [0, 0.05) is 34.8 Å². The molecule has 3 aromatic rings. The van der Waals surface area contributed by atoms with Crippen LogP contribution in [0.2, 0.25) is 5.02 Å². The van der Waals surface area contributed by atoms with Crippen LogP contribution in [0, 0.1) is 0 Å². The van der Waals surface area contributed by atoms with Crippen LogP contribution >= 0.6 is 24.0 Å². The van der Waals surface area contributed by atoms with Gasteiger partial charge in [-0.25, -0.2) is 4.98 Å². The van der Waals surface area contributed by atoms with Gasteiger partial charge in [-0.3, -0.25) is 9.36 Å². The fourth-order valence-corrected chi connectivity index (χ4v) is 2.76. The zero-order valence-electron chi connectivity index (χ0n) is 14.7. The average Bonchev–Trinajstić information content (AvgIpc) is 2.59. The maximum absolute atomic E-state index is 12.8. The Hall–Kier alpha value is -2.15. The highest BCUT2D eigenvalue weighted by Gasteiger charge is 2.18. The molecular formula is C18H20Cl2N4O2. The highest BCUT2D eigenvalue weighted by molar-refractivity contribution is 6.33. The molecule has 3 rings (SSSR count). The molecule has 0 saturated heterocycles. The first-order valence-corrected chi connectivity index (χ1v) is 8.21. The highest BCUT2D eigenvalue weighted by Crippen LogP contribution is 2.27. The van der Waals surface area contributed by atoms with Crippen LogP contribution in [0.3, 0.4) is 0 Å². The summed E-state index contributed by atoms with van der Waals surface area (Å²) in [7, 11) is 1.67. The molecule has 8 heteroatoms. The second-order valence-corrected chi connectivity index (χ2v) is 6.95. The van der Waals surface area contributed by atoms with E-state index in [4.69, 9.17) is 11.6 Å². The van der Waals surface area contributed by atoms with E-state index in [0.717, 1.165) is 5.39 Å². The lowest BCUT2D eigenvalue weighted by molar-refractivity contribution is 0.233. The SMILES string of the molecule is Cl.Cn1c(=O)c(-c2ccccc2Cl)cc2cnc(NC(C)(C)CO)nc21. The number of benzene rings is 1. The average molecular weight is 395 g/mol. The standard InChI is InChI=1S/C18H19ClN4O2.ClH/c1-18(2,10-24)22-17-20-9-11-8-13(12-6-4-5-7-14(12)19)16(25)23(3)15(11)21-17;/h4-9,24H,10H2,1-3H3,(H,20,21,22);1H. The normalized spacial score (nSPS) is 11.3. The van der Waals surface area contributed by atoms with Gasteiger partial charge in [0.1, 0.15) is 5.65 Å². The van der Waals surface area contributed by atoms with E-state index in [0.29, 0.717) is 27.7 Å². The number of fused-ring (bicyclic) bond motifs is 1. The Morgan fingerprint density at radius 2 is 1.96 bits per heavy atom. The molecule has 2 aromatic heterocycles. The Morgan fingerprint density at radius 1 is 1.27 bits per heavy atom. The fourth-order valence-electron chi connectivity index (χ4n) is 2.52. The summed E-state index contributed by atoms with van der Waals surface area (Å²) >= 11 is 6.24. The van der Waals surface area contributed by atoms with Gasteiger partial charge >= 0.3 is 0 Å². The Balaban J connectivity index is 0.00000243. The number of halogens is 2. The predicted molar refractivity (Wildman–Crippen MR) is 107 cm³/mol. The molecule has 2 N–H and O–H groups in total. The molecule has 0 fully saturated rings. The van der Waals surface area contributed by atoms with Gasteiger partial charge < -0.3 is 10.4 Å². The summed E-state index contributed by atoms with van der Waals surface area (Å²) in [4.78, 5) is 21.5. The van der Waals surface area contributed by atoms with Crippen LogP contribution < -0.4 is 10.9 Å². The Labute approximate surface area is 162 Å². The Bertz CT molecular complexity index is 1000. The molecule has 0 saturated carbocycles. The van der Waals surface area contributed by atoms with Gasteiger partial charge in [-0.1, -0.05) is 29.8 Å². The van der Waals surface area contributed by atoms with E-state index < -0.39 is 5.54 Å². The molecule has 0 radical (unpaired) electrons. The monoisotopic (exact) mass is 394 g/mol. The van der Waals surface area contributed by atoms with Crippen LogP contribution in [0.4, 0.5) is 5.95 Å². The summed E-state index contributed by atoms with van der Waals surface area (Å²) in [5, 5.41) is 13.7. The maximum Gasteiger partial charge on any atom is 0.259 e. The molecule has 0 spiro atoms. The number of hydrogen-bond donors (Lipinski definition) is 2. The molecule has 0 unspecified atom stereocenters. The van der Waals surface area contributed by atoms with Crippen LogP contribution in [-0.4, -0.2) is 31.8 Å². The molecule has 0 aliphatic carbocycles.